The Bertz CT molecular complexity index is 1420. The van der Waals surface area contributed by atoms with Crippen molar-refractivity contribution in [1.82, 2.24) is 4.57 Å². The number of carbonyl (C=O) groups is 2. The van der Waals surface area contributed by atoms with Crippen LogP contribution in [-0.4, -0.2) is 33.3 Å². The number of hydrogen-bond donors (Lipinski definition) is 2. The molecule has 0 aliphatic heterocycles. The van der Waals surface area contributed by atoms with Crippen LogP contribution >= 0.6 is 0 Å². The van der Waals surface area contributed by atoms with E-state index < -0.39 is 11.9 Å². The quantitative estimate of drug-likeness (QED) is 0.175. The molecule has 188 valence electrons. The Morgan fingerprint density at radius 1 is 0.838 bits per heavy atom. The van der Waals surface area contributed by atoms with Gasteiger partial charge in [0.15, 0.2) is 0 Å². The summed E-state index contributed by atoms with van der Waals surface area (Å²) in [6, 6.07) is 24.0. The first kappa shape index (κ1) is 25.5. The van der Waals surface area contributed by atoms with Crippen molar-refractivity contribution in [1.29, 1.82) is 0 Å². The lowest BCUT2D eigenvalue weighted by molar-refractivity contribution is -0.137. The van der Waals surface area contributed by atoms with E-state index in [1.165, 1.54) is 5.56 Å². The predicted molar refractivity (Wildman–Crippen MR) is 146 cm³/mol. The van der Waals surface area contributed by atoms with Gasteiger partial charge in [-0.15, -0.1) is 0 Å². The zero-order valence-corrected chi connectivity index (χ0v) is 20.4. The minimum absolute atomic E-state index is 0.0749. The summed E-state index contributed by atoms with van der Waals surface area (Å²) in [7, 11) is 0. The molecule has 0 radical (unpaired) electrons. The molecule has 3 aromatic carbocycles. The second-order valence-corrected chi connectivity index (χ2v) is 8.67. The molecule has 0 spiro atoms. The molecule has 0 aliphatic rings. The molecular formula is C31H29NO5. The fourth-order valence-electron chi connectivity index (χ4n) is 4.22. The molecule has 0 fully saturated rings. The van der Waals surface area contributed by atoms with Crippen molar-refractivity contribution in [2.45, 2.75) is 25.8 Å². The highest BCUT2D eigenvalue weighted by atomic mass is 16.5. The number of rotatable bonds is 12. The summed E-state index contributed by atoms with van der Waals surface area (Å²) in [5.74, 6) is -1.04. The van der Waals surface area contributed by atoms with E-state index >= 15 is 0 Å². The van der Waals surface area contributed by atoms with Crippen molar-refractivity contribution < 1.29 is 24.5 Å². The third kappa shape index (κ3) is 7.21. The molecule has 4 aromatic rings. The monoisotopic (exact) mass is 495 g/mol. The van der Waals surface area contributed by atoms with Crippen LogP contribution in [0.15, 0.2) is 85.1 Å². The van der Waals surface area contributed by atoms with Gasteiger partial charge in [0.1, 0.15) is 5.75 Å². The van der Waals surface area contributed by atoms with Gasteiger partial charge in [-0.05, 0) is 47.4 Å². The minimum atomic E-state index is -1.02. The number of benzene rings is 3. The van der Waals surface area contributed by atoms with Crippen LogP contribution in [0.5, 0.6) is 5.75 Å². The number of nitrogens with zero attached hydrogens (tertiary/aromatic N) is 1. The SMILES string of the molecule is O=C(O)C=Cc1cn(CCCC(=O)O)c2cccc(C=Cc3ccc(OCCc4ccccc4)cc3)c12. The molecule has 0 bridgehead atoms. The topological polar surface area (TPSA) is 88.8 Å². The normalized spacial score (nSPS) is 11.5. The number of fused-ring (bicyclic) bond motifs is 1. The van der Waals surface area contributed by atoms with E-state index in [4.69, 9.17) is 14.9 Å². The van der Waals surface area contributed by atoms with Crippen molar-refractivity contribution in [2.75, 3.05) is 6.61 Å². The second kappa shape index (κ2) is 12.4. The molecule has 1 heterocycles. The van der Waals surface area contributed by atoms with Crippen molar-refractivity contribution in [3.8, 4) is 5.75 Å². The number of carboxylic acids is 2. The molecule has 6 heteroatoms. The first-order valence-corrected chi connectivity index (χ1v) is 12.2. The number of carboxylic acid groups (broad SMARTS) is 2. The number of ether oxygens (including phenoxy) is 1. The number of aliphatic carboxylic acids is 2. The highest BCUT2D eigenvalue weighted by Gasteiger charge is 2.11. The van der Waals surface area contributed by atoms with Crippen molar-refractivity contribution in [3.63, 3.8) is 0 Å². The van der Waals surface area contributed by atoms with E-state index in [-0.39, 0.29) is 6.42 Å². The molecule has 4 rings (SSSR count). The number of hydrogen-bond acceptors (Lipinski definition) is 3. The summed E-state index contributed by atoms with van der Waals surface area (Å²) in [4.78, 5) is 22.1. The van der Waals surface area contributed by atoms with Crippen molar-refractivity contribution in [3.05, 3.63) is 107 Å². The largest absolute Gasteiger partial charge is 0.493 e. The fourth-order valence-corrected chi connectivity index (χ4v) is 4.22. The zero-order chi connectivity index (χ0) is 26.0. The van der Waals surface area contributed by atoms with Crippen LogP contribution in [0.3, 0.4) is 0 Å². The first-order valence-electron chi connectivity index (χ1n) is 12.2. The molecule has 2 N–H and O–H groups in total. The Morgan fingerprint density at radius 2 is 1.62 bits per heavy atom. The molecule has 37 heavy (non-hydrogen) atoms. The van der Waals surface area contributed by atoms with Crippen LogP contribution in [0.25, 0.3) is 29.1 Å². The Kier molecular flexibility index (Phi) is 8.55. The second-order valence-electron chi connectivity index (χ2n) is 8.67. The van der Waals surface area contributed by atoms with Gasteiger partial charge >= 0.3 is 11.9 Å². The lowest BCUT2D eigenvalue weighted by atomic mass is 10.0. The van der Waals surface area contributed by atoms with Gasteiger partial charge in [-0.3, -0.25) is 4.79 Å². The van der Waals surface area contributed by atoms with E-state index in [1.807, 2.05) is 83.6 Å². The van der Waals surface area contributed by atoms with Gasteiger partial charge in [0.25, 0.3) is 0 Å². The molecule has 6 nitrogen and oxygen atoms in total. The summed E-state index contributed by atoms with van der Waals surface area (Å²) in [6.07, 6.45) is 10.0. The van der Waals surface area contributed by atoms with E-state index in [0.29, 0.717) is 19.6 Å². The van der Waals surface area contributed by atoms with Crippen LogP contribution in [0, 0.1) is 0 Å². The summed E-state index contributed by atoms with van der Waals surface area (Å²) in [6.45, 7) is 1.14. The van der Waals surface area contributed by atoms with E-state index in [2.05, 4.69) is 12.1 Å². The van der Waals surface area contributed by atoms with Gasteiger partial charge < -0.3 is 19.5 Å². The number of aryl methyl sites for hydroxylation is 1. The third-order valence-electron chi connectivity index (χ3n) is 6.00. The summed E-state index contributed by atoms with van der Waals surface area (Å²) < 4.78 is 7.86. The molecule has 0 unspecified atom stereocenters. The van der Waals surface area contributed by atoms with Gasteiger partial charge in [0, 0.05) is 48.1 Å². The molecule has 0 saturated heterocycles. The Hall–Kier alpha value is -4.58. The Balaban J connectivity index is 1.51. The maximum Gasteiger partial charge on any atom is 0.328 e. The maximum atomic E-state index is 11.1. The van der Waals surface area contributed by atoms with E-state index in [1.54, 1.807) is 6.08 Å². The van der Waals surface area contributed by atoms with E-state index in [9.17, 15) is 9.59 Å². The lowest BCUT2D eigenvalue weighted by Crippen LogP contribution is -2.01. The minimum Gasteiger partial charge on any atom is -0.493 e. The van der Waals surface area contributed by atoms with Crippen molar-refractivity contribution in [2.24, 2.45) is 0 Å². The highest BCUT2D eigenvalue weighted by Crippen LogP contribution is 2.28. The fraction of sp³-hybridized carbons (Fsp3) is 0.161. The predicted octanol–water partition coefficient (Wildman–Crippen LogP) is 6.40. The molecule has 1 aromatic heterocycles. The summed E-state index contributed by atoms with van der Waals surface area (Å²) in [5.41, 5.74) is 4.90. The van der Waals surface area contributed by atoms with Crippen LogP contribution < -0.4 is 4.74 Å². The number of aromatic nitrogens is 1. The maximum absolute atomic E-state index is 11.1. The summed E-state index contributed by atoms with van der Waals surface area (Å²) >= 11 is 0. The zero-order valence-electron chi connectivity index (χ0n) is 20.4. The Labute approximate surface area is 215 Å². The van der Waals surface area contributed by atoms with E-state index in [0.717, 1.165) is 45.8 Å². The van der Waals surface area contributed by atoms with Crippen molar-refractivity contribution >= 4 is 41.1 Å². The van der Waals surface area contributed by atoms with Crippen LogP contribution in [0.2, 0.25) is 0 Å². The highest BCUT2D eigenvalue weighted by molar-refractivity contribution is 5.99. The molecule has 0 aliphatic carbocycles. The Morgan fingerprint density at radius 3 is 2.35 bits per heavy atom. The van der Waals surface area contributed by atoms with Crippen LogP contribution in [0.4, 0.5) is 0 Å². The first-order chi connectivity index (χ1) is 18.0. The van der Waals surface area contributed by atoms with Gasteiger partial charge in [-0.25, -0.2) is 4.79 Å². The average Bonchev–Trinajstić information content (AvgIpc) is 3.25. The third-order valence-corrected chi connectivity index (χ3v) is 6.00. The van der Waals surface area contributed by atoms with Gasteiger partial charge in [-0.2, -0.15) is 0 Å². The molecule has 0 saturated carbocycles. The molecular weight excluding hydrogens is 466 g/mol. The standard InChI is InChI=1S/C31H29NO5/c33-29(34)10-5-20-32-22-26(15-18-30(35)36)31-25(8-4-9-28(31)32)14-11-24-12-16-27(17-13-24)37-21-19-23-6-2-1-3-7-23/h1-4,6-9,11-18,22H,5,10,19-21H2,(H,33,34)(H,35,36). The van der Waals surface area contributed by atoms with Gasteiger partial charge in [0.2, 0.25) is 0 Å². The van der Waals surface area contributed by atoms with Crippen LogP contribution in [0.1, 0.15) is 35.1 Å². The van der Waals surface area contributed by atoms with Gasteiger partial charge in [-0.1, -0.05) is 66.7 Å². The average molecular weight is 496 g/mol. The summed E-state index contributed by atoms with van der Waals surface area (Å²) in [5, 5.41) is 19.0. The van der Waals surface area contributed by atoms with Gasteiger partial charge in [0.05, 0.1) is 6.61 Å². The lowest BCUT2D eigenvalue weighted by Gasteiger charge is -2.07. The molecule has 0 amide bonds. The van der Waals surface area contributed by atoms with Crippen LogP contribution in [-0.2, 0) is 22.6 Å². The smallest absolute Gasteiger partial charge is 0.328 e. The molecule has 0 atom stereocenters.